The summed E-state index contributed by atoms with van der Waals surface area (Å²) in [5.41, 5.74) is 1.14. The SMILES string of the molecule is C[C@@H](C(=O)NC1CCCC1)N(Cc1ccccc1Cl)C(=O)CSCc1c(F)cccc1Cl. The minimum absolute atomic E-state index is 0.0934. The molecule has 1 aliphatic carbocycles. The summed E-state index contributed by atoms with van der Waals surface area (Å²) in [5.74, 6) is -0.415. The van der Waals surface area contributed by atoms with Crippen molar-refractivity contribution < 1.29 is 14.0 Å². The summed E-state index contributed by atoms with van der Waals surface area (Å²) in [6, 6.07) is 11.3. The lowest BCUT2D eigenvalue weighted by Gasteiger charge is -2.30. The molecular formula is C24H27Cl2FN2O2S. The van der Waals surface area contributed by atoms with Gasteiger partial charge in [0.1, 0.15) is 11.9 Å². The summed E-state index contributed by atoms with van der Waals surface area (Å²) in [6.07, 6.45) is 4.15. The van der Waals surface area contributed by atoms with E-state index in [-0.39, 0.29) is 35.9 Å². The third-order valence-electron chi connectivity index (χ3n) is 5.70. The second-order valence-corrected chi connectivity index (χ2v) is 9.77. The van der Waals surface area contributed by atoms with Crippen LogP contribution in [0.15, 0.2) is 42.5 Å². The molecule has 1 N–H and O–H groups in total. The van der Waals surface area contributed by atoms with Gasteiger partial charge < -0.3 is 10.2 Å². The molecule has 4 nitrogen and oxygen atoms in total. The lowest BCUT2D eigenvalue weighted by atomic mass is 10.1. The number of nitrogens with one attached hydrogen (secondary N) is 1. The topological polar surface area (TPSA) is 49.4 Å². The van der Waals surface area contributed by atoms with Gasteiger partial charge in [-0.2, -0.15) is 0 Å². The van der Waals surface area contributed by atoms with E-state index in [0.29, 0.717) is 15.6 Å². The molecule has 0 spiro atoms. The van der Waals surface area contributed by atoms with Crippen LogP contribution in [-0.2, 0) is 21.9 Å². The summed E-state index contributed by atoms with van der Waals surface area (Å²) in [4.78, 5) is 27.6. The minimum Gasteiger partial charge on any atom is -0.352 e. The largest absolute Gasteiger partial charge is 0.352 e. The zero-order valence-electron chi connectivity index (χ0n) is 18.0. The van der Waals surface area contributed by atoms with E-state index in [1.807, 2.05) is 18.2 Å². The molecule has 0 unspecified atom stereocenters. The summed E-state index contributed by atoms with van der Waals surface area (Å²) >= 11 is 13.7. The highest BCUT2D eigenvalue weighted by Crippen LogP contribution is 2.25. The Bertz CT molecular complexity index is 933. The first-order chi connectivity index (χ1) is 15.4. The van der Waals surface area contributed by atoms with Crippen LogP contribution in [0.3, 0.4) is 0 Å². The van der Waals surface area contributed by atoms with Crippen LogP contribution >= 0.6 is 35.0 Å². The Balaban J connectivity index is 1.69. The number of hydrogen-bond acceptors (Lipinski definition) is 3. The fourth-order valence-corrected chi connectivity index (χ4v) is 5.22. The Kier molecular flexibility index (Phi) is 9.26. The van der Waals surface area contributed by atoms with Crippen molar-refractivity contribution in [3.8, 4) is 0 Å². The molecule has 3 rings (SSSR count). The number of nitrogens with zero attached hydrogens (tertiary/aromatic N) is 1. The van der Waals surface area contributed by atoms with Gasteiger partial charge in [0.15, 0.2) is 0 Å². The quantitative estimate of drug-likeness (QED) is 0.474. The molecule has 1 saturated carbocycles. The number of hydrogen-bond donors (Lipinski definition) is 1. The van der Waals surface area contributed by atoms with E-state index in [1.54, 1.807) is 30.0 Å². The molecule has 0 bridgehead atoms. The van der Waals surface area contributed by atoms with Crippen molar-refractivity contribution in [3.05, 3.63) is 69.5 Å². The normalized spacial score (nSPS) is 14.9. The number of halogens is 3. The first-order valence-electron chi connectivity index (χ1n) is 10.7. The fourth-order valence-electron chi connectivity index (χ4n) is 3.78. The third-order valence-corrected chi connectivity index (χ3v) is 7.37. The van der Waals surface area contributed by atoms with Crippen molar-refractivity contribution in [2.75, 3.05) is 5.75 Å². The average molecular weight is 497 g/mol. The molecule has 0 aliphatic heterocycles. The van der Waals surface area contributed by atoms with Crippen molar-refractivity contribution in [1.29, 1.82) is 0 Å². The zero-order valence-corrected chi connectivity index (χ0v) is 20.3. The van der Waals surface area contributed by atoms with Gasteiger partial charge in [0, 0.05) is 33.9 Å². The summed E-state index contributed by atoms with van der Waals surface area (Å²) < 4.78 is 14.0. The predicted molar refractivity (Wildman–Crippen MR) is 129 cm³/mol. The highest BCUT2D eigenvalue weighted by molar-refractivity contribution is 7.99. The second kappa shape index (κ2) is 11.9. The van der Waals surface area contributed by atoms with E-state index >= 15 is 0 Å². The fraction of sp³-hybridized carbons (Fsp3) is 0.417. The number of rotatable bonds is 9. The molecule has 0 heterocycles. The van der Waals surface area contributed by atoms with Crippen LogP contribution in [0.25, 0.3) is 0 Å². The lowest BCUT2D eigenvalue weighted by Crippen LogP contribution is -2.50. The average Bonchev–Trinajstić information content (AvgIpc) is 3.27. The van der Waals surface area contributed by atoms with Crippen LogP contribution in [0.1, 0.15) is 43.7 Å². The van der Waals surface area contributed by atoms with Gasteiger partial charge in [0.25, 0.3) is 0 Å². The van der Waals surface area contributed by atoms with Crippen molar-refractivity contribution in [2.24, 2.45) is 0 Å². The van der Waals surface area contributed by atoms with Crippen molar-refractivity contribution in [3.63, 3.8) is 0 Å². The zero-order chi connectivity index (χ0) is 23.1. The molecule has 172 valence electrons. The van der Waals surface area contributed by atoms with Gasteiger partial charge in [-0.3, -0.25) is 9.59 Å². The second-order valence-electron chi connectivity index (χ2n) is 7.97. The van der Waals surface area contributed by atoms with Gasteiger partial charge >= 0.3 is 0 Å². The van der Waals surface area contributed by atoms with E-state index < -0.39 is 11.9 Å². The van der Waals surface area contributed by atoms with E-state index in [4.69, 9.17) is 23.2 Å². The molecule has 2 aromatic carbocycles. The Morgan fingerprint density at radius 2 is 1.81 bits per heavy atom. The van der Waals surface area contributed by atoms with E-state index in [9.17, 15) is 14.0 Å². The first kappa shape index (κ1) is 24.9. The Morgan fingerprint density at radius 1 is 1.12 bits per heavy atom. The molecule has 0 radical (unpaired) electrons. The van der Waals surface area contributed by atoms with Gasteiger partial charge in [-0.25, -0.2) is 4.39 Å². The molecule has 1 atom stereocenters. The first-order valence-corrected chi connectivity index (χ1v) is 12.6. The minimum atomic E-state index is -0.656. The van der Waals surface area contributed by atoms with E-state index in [2.05, 4.69) is 5.32 Å². The van der Waals surface area contributed by atoms with Crippen molar-refractivity contribution in [1.82, 2.24) is 10.2 Å². The maximum absolute atomic E-state index is 14.0. The highest BCUT2D eigenvalue weighted by Gasteiger charge is 2.28. The number of amides is 2. The maximum Gasteiger partial charge on any atom is 0.242 e. The predicted octanol–water partition coefficient (Wildman–Crippen LogP) is 5.84. The van der Waals surface area contributed by atoms with Crippen molar-refractivity contribution >= 4 is 46.8 Å². The number of benzene rings is 2. The molecular weight excluding hydrogens is 470 g/mol. The highest BCUT2D eigenvalue weighted by atomic mass is 35.5. The third kappa shape index (κ3) is 6.63. The van der Waals surface area contributed by atoms with Gasteiger partial charge in [-0.1, -0.05) is 60.3 Å². The molecule has 1 aliphatic rings. The summed E-state index contributed by atoms with van der Waals surface area (Å²) in [5, 5.41) is 3.95. The monoisotopic (exact) mass is 496 g/mol. The van der Waals surface area contributed by atoms with Crippen molar-refractivity contribution in [2.45, 2.75) is 57.0 Å². The van der Waals surface area contributed by atoms with E-state index in [1.165, 1.54) is 17.8 Å². The molecule has 2 amide bonds. The van der Waals surface area contributed by atoms with Crippen LogP contribution < -0.4 is 5.32 Å². The Morgan fingerprint density at radius 3 is 2.50 bits per heavy atom. The number of carbonyl (C=O) groups excluding carboxylic acids is 2. The Labute approximate surface area is 202 Å². The van der Waals surface area contributed by atoms with Crippen LogP contribution in [0.2, 0.25) is 10.0 Å². The van der Waals surface area contributed by atoms with Gasteiger partial charge in [0.2, 0.25) is 11.8 Å². The lowest BCUT2D eigenvalue weighted by molar-refractivity contribution is -0.138. The molecule has 0 saturated heterocycles. The molecule has 8 heteroatoms. The van der Waals surface area contributed by atoms with Crippen LogP contribution in [0.4, 0.5) is 4.39 Å². The number of carbonyl (C=O) groups is 2. The van der Waals surface area contributed by atoms with Gasteiger partial charge in [0.05, 0.1) is 5.75 Å². The standard InChI is InChI=1S/C24H27Cl2FN2O2S/c1-16(24(31)28-18-8-3-4-9-18)29(13-17-7-2-5-10-20(17)25)23(30)15-32-14-19-21(26)11-6-12-22(19)27/h2,5-7,10-12,16,18H,3-4,8-9,13-15H2,1H3,(H,28,31)/t16-/m0/s1. The van der Waals surface area contributed by atoms with Crippen LogP contribution in [0.5, 0.6) is 0 Å². The molecule has 32 heavy (non-hydrogen) atoms. The molecule has 1 fully saturated rings. The number of thioether (sulfide) groups is 1. The van der Waals surface area contributed by atoms with Gasteiger partial charge in [-0.05, 0) is 43.5 Å². The Hall–Kier alpha value is -1.76. The van der Waals surface area contributed by atoms with Crippen LogP contribution in [-0.4, -0.2) is 34.6 Å². The van der Waals surface area contributed by atoms with Gasteiger partial charge in [-0.15, -0.1) is 11.8 Å². The van der Waals surface area contributed by atoms with E-state index in [0.717, 1.165) is 31.2 Å². The summed E-state index contributed by atoms with van der Waals surface area (Å²) in [7, 11) is 0. The maximum atomic E-state index is 14.0. The van der Waals surface area contributed by atoms with Crippen LogP contribution in [0, 0.1) is 5.82 Å². The molecule has 2 aromatic rings. The molecule has 0 aromatic heterocycles. The summed E-state index contributed by atoms with van der Waals surface area (Å²) in [6.45, 7) is 1.95. The smallest absolute Gasteiger partial charge is 0.242 e.